The Labute approximate surface area is 167 Å². The molecule has 2 N–H and O–H groups in total. The number of pyridine rings is 1. The SMILES string of the molecule is CN=C(NCc1ccc(S(=O)(=O)N2CCCCC2)cc1)NCc1ccccn1. The monoisotopic (exact) mass is 401 g/mol. The fraction of sp³-hybridized carbons (Fsp3) is 0.400. The summed E-state index contributed by atoms with van der Waals surface area (Å²) >= 11 is 0. The molecule has 28 heavy (non-hydrogen) atoms. The molecular formula is C20H27N5O2S. The van der Waals surface area contributed by atoms with E-state index in [-0.39, 0.29) is 0 Å². The normalized spacial score (nSPS) is 16.0. The van der Waals surface area contributed by atoms with Crippen LogP contribution < -0.4 is 10.6 Å². The number of aromatic nitrogens is 1. The van der Waals surface area contributed by atoms with Crippen LogP contribution in [0.5, 0.6) is 0 Å². The number of rotatable bonds is 6. The first-order chi connectivity index (χ1) is 13.6. The van der Waals surface area contributed by atoms with Gasteiger partial charge in [0.05, 0.1) is 17.1 Å². The first kappa shape index (κ1) is 20.3. The summed E-state index contributed by atoms with van der Waals surface area (Å²) in [6.45, 7) is 2.35. The standard InChI is InChI=1S/C20H27N5O2S/c1-21-20(24-16-18-7-3-4-12-22-18)23-15-17-8-10-19(11-9-17)28(26,27)25-13-5-2-6-14-25/h3-4,7-12H,2,5-6,13-16H2,1H3,(H2,21,23,24). The van der Waals surface area contributed by atoms with Crippen molar-refractivity contribution in [1.29, 1.82) is 0 Å². The Morgan fingerprint density at radius 1 is 1.04 bits per heavy atom. The molecule has 0 unspecified atom stereocenters. The largest absolute Gasteiger partial charge is 0.352 e. The molecule has 1 aliphatic heterocycles. The molecule has 8 heteroatoms. The Kier molecular flexibility index (Phi) is 7.00. The van der Waals surface area contributed by atoms with E-state index in [1.807, 2.05) is 30.3 Å². The van der Waals surface area contributed by atoms with E-state index in [0.29, 0.717) is 37.0 Å². The van der Waals surface area contributed by atoms with E-state index < -0.39 is 10.0 Å². The fourth-order valence-electron chi connectivity index (χ4n) is 3.12. The third-order valence-electron chi connectivity index (χ3n) is 4.72. The van der Waals surface area contributed by atoms with Gasteiger partial charge in [-0.1, -0.05) is 24.6 Å². The van der Waals surface area contributed by atoms with E-state index in [2.05, 4.69) is 20.6 Å². The summed E-state index contributed by atoms with van der Waals surface area (Å²) in [6, 6.07) is 12.8. The average Bonchev–Trinajstić information content (AvgIpc) is 2.75. The molecular weight excluding hydrogens is 374 g/mol. The molecule has 1 fully saturated rings. The lowest BCUT2D eigenvalue weighted by atomic mass is 10.2. The Balaban J connectivity index is 1.54. The number of hydrogen-bond acceptors (Lipinski definition) is 4. The van der Waals surface area contributed by atoms with Crippen molar-refractivity contribution >= 4 is 16.0 Å². The molecule has 2 heterocycles. The van der Waals surface area contributed by atoms with Gasteiger partial charge >= 0.3 is 0 Å². The Morgan fingerprint density at radius 2 is 1.75 bits per heavy atom. The molecule has 0 atom stereocenters. The number of guanidine groups is 1. The highest BCUT2D eigenvalue weighted by Gasteiger charge is 2.25. The van der Waals surface area contributed by atoms with Gasteiger partial charge in [0.2, 0.25) is 10.0 Å². The third kappa shape index (κ3) is 5.30. The van der Waals surface area contributed by atoms with Crippen molar-refractivity contribution in [2.75, 3.05) is 20.1 Å². The number of nitrogens with one attached hydrogen (secondary N) is 2. The smallest absolute Gasteiger partial charge is 0.243 e. The van der Waals surface area contributed by atoms with Gasteiger partial charge in [-0.25, -0.2) is 8.42 Å². The molecule has 0 radical (unpaired) electrons. The van der Waals surface area contributed by atoms with Crippen LogP contribution in [0, 0.1) is 0 Å². The van der Waals surface area contributed by atoms with Crippen molar-refractivity contribution in [3.05, 3.63) is 59.9 Å². The van der Waals surface area contributed by atoms with Gasteiger partial charge in [0.1, 0.15) is 0 Å². The molecule has 3 rings (SSSR count). The van der Waals surface area contributed by atoms with E-state index in [9.17, 15) is 8.42 Å². The number of benzene rings is 1. The Morgan fingerprint density at radius 3 is 2.39 bits per heavy atom. The number of aliphatic imine (C=N–C) groups is 1. The number of nitrogens with zero attached hydrogens (tertiary/aromatic N) is 3. The molecule has 0 aliphatic carbocycles. The second kappa shape index (κ2) is 9.66. The predicted octanol–water partition coefficient (Wildman–Crippen LogP) is 2.12. The molecule has 1 aromatic heterocycles. The molecule has 0 spiro atoms. The summed E-state index contributed by atoms with van der Waals surface area (Å²) in [4.78, 5) is 8.83. The zero-order valence-corrected chi connectivity index (χ0v) is 17.0. The van der Waals surface area contributed by atoms with Crippen LogP contribution in [0.4, 0.5) is 0 Å². The highest BCUT2D eigenvalue weighted by Crippen LogP contribution is 2.20. The molecule has 0 saturated carbocycles. The summed E-state index contributed by atoms with van der Waals surface area (Å²) in [5.74, 6) is 0.663. The van der Waals surface area contributed by atoms with Gasteiger partial charge in [0, 0.05) is 32.9 Å². The van der Waals surface area contributed by atoms with Gasteiger partial charge in [-0.05, 0) is 42.7 Å². The van der Waals surface area contributed by atoms with E-state index >= 15 is 0 Å². The van der Waals surface area contributed by atoms with Crippen LogP contribution in [-0.4, -0.2) is 43.8 Å². The van der Waals surface area contributed by atoms with Crippen molar-refractivity contribution in [2.24, 2.45) is 4.99 Å². The first-order valence-electron chi connectivity index (χ1n) is 9.53. The summed E-state index contributed by atoms with van der Waals surface area (Å²) < 4.78 is 27.0. The lowest BCUT2D eigenvalue weighted by molar-refractivity contribution is 0.346. The van der Waals surface area contributed by atoms with Crippen molar-refractivity contribution in [2.45, 2.75) is 37.2 Å². The van der Waals surface area contributed by atoms with Gasteiger partial charge in [0.25, 0.3) is 0 Å². The van der Waals surface area contributed by atoms with Crippen molar-refractivity contribution in [1.82, 2.24) is 19.9 Å². The summed E-state index contributed by atoms with van der Waals surface area (Å²) in [5, 5.41) is 6.44. The van der Waals surface area contributed by atoms with Crippen LogP contribution in [0.15, 0.2) is 58.5 Å². The molecule has 0 bridgehead atoms. The summed E-state index contributed by atoms with van der Waals surface area (Å²) in [5.41, 5.74) is 1.91. The zero-order valence-electron chi connectivity index (χ0n) is 16.1. The molecule has 2 aromatic rings. The second-order valence-corrected chi connectivity index (χ2v) is 8.65. The molecule has 0 amide bonds. The topological polar surface area (TPSA) is 86.7 Å². The number of sulfonamides is 1. The number of hydrogen-bond donors (Lipinski definition) is 2. The van der Waals surface area contributed by atoms with Crippen molar-refractivity contribution in [3.63, 3.8) is 0 Å². The van der Waals surface area contributed by atoms with Gasteiger partial charge in [0.15, 0.2) is 5.96 Å². The molecule has 1 aliphatic rings. The fourth-order valence-corrected chi connectivity index (χ4v) is 4.63. The third-order valence-corrected chi connectivity index (χ3v) is 6.64. The Hall–Kier alpha value is -2.45. The second-order valence-electron chi connectivity index (χ2n) is 6.71. The minimum Gasteiger partial charge on any atom is -0.352 e. The van der Waals surface area contributed by atoms with Crippen molar-refractivity contribution in [3.8, 4) is 0 Å². The van der Waals surface area contributed by atoms with E-state index in [1.54, 1.807) is 29.7 Å². The Bertz CT molecular complexity index is 877. The van der Waals surface area contributed by atoms with Crippen LogP contribution in [0.25, 0.3) is 0 Å². The molecule has 1 saturated heterocycles. The zero-order chi connectivity index (χ0) is 19.8. The summed E-state index contributed by atoms with van der Waals surface area (Å²) in [7, 11) is -1.67. The minimum atomic E-state index is -3.38. The maximum atomic E-state index is 12.7. The van der Waals surface area contributed by atoms with E-state index in [4.69, 9.17) is 0 Å². The summed E-state index contributed by atoms with van der Waals surface area (Å²) in [6.07, 6.45) is 4.73. The van der Waals surface area contributed by atoms with Crippen LogP contribution in [-0.2, 0) is 23.1 Å². The van der Waals surface area contributed by atoms with Gasteiger partial charge < -0.3 is 10.6 Å². The highest BCUT2D eigenvalue weighted by atomic mass is 32.2. The van der Waals surface area contributed by atoms with Gasteiger partial charge in [-0.15, -0.1) is 0 Å². The first-order valence-corrected chi connectivity index (χ1v) is 11.0. The minimum absolute atomic E-state index is 0.357. The maximum Gasteiger partial charge on any atom is 0.243 e. The van der Waals surface area contributed by atoms with Crippen LogP contribution in [0.2, 0.25) is 0 Å². The van der Waals surface area contributed by atoms with E-state index in [1.165, 1.54) is 0 Å². The van der Waals surface area contributed by atoms with Crippen LogP contribution in [0.1, 0.15) is 30.5 Å². The van der Waals surface area contributed by atoms with Gasteiger partial charge in [-0.2, -0.15) is 4.31 Å². The molecule has 7 nitrogen and oxygen atoms in total. The molecule has 1 aromatic carbocycles. The lowest BCUT2D eigenvalue weighted by Gasteiger charge is -2.25. The highest BCUT2D eigenvalue weighted by molar-refractivity contribution is 7.89. The quantitative estimate of drug-likeness (QED) is 0.572. The lowest BCUT2D eigenvalue weighted by Crippen LogP contribution is -2.36. The van der Waals surface area contributed by atoms with Crippen LogP contribution >= 0.6 is 0 Å². The van der Waals surface area contributed by atoms with Crippen LogP contribution in [0.3, 0.4) is 0 Å². The molecule has 150 valence electrons. The number of piperidine rings is 1. The average molecular weight is 402 g/mol. The predicted molar refractivity (Wildman–Crippen MR) is 110 cm³/mol. The van der Waals surface area contributed by atoms with E-state index in [0.717, 1.165) is 30.5 Å². The van der Waals surface area contributed by atoms with Crippen molar-refractivity contribution < 1.29 is 8.42 Å². The van der Waals surface area contributed by atoms with Gasteiger partial charge in [-0.3, -0.25) is 9.98 Å². The maximum absolute atomic E-state index is 12.7.